The zero-order valence-electron chi connectivity index (χ0n) is 13.4. The lowest BCUT2D eigenvalue weighted by molar-refractivity contribution is 0.0537. The van der Waals surface area contributed by atoms with E-state index in [1.807, 2.05) is 13.8 Å². The van der Waals surface area contributed by atoms with Gasteiger partial charge in [-0.1, -0.05) is 0 Å². The zero-order chi connectivity index (χ0) is 16.7. The summed E-state index contributed by atoms with van der Waals surface area (Å²) in [5, 5.41) is 0. The fourth-order valence-electron chi connectivity index (χ4n) is 2.62. The van der Waals surface area contributed by atoms with Crippen molar-refractivity contribution >= 4 is 16.0 Å². The third-order valence-corrected chi connectivity index (χ3v) is 5.12. The number of hydrogen-bond donors (Lipinski definition) is 0. The summed E-state index contributed by atoms with van der Waals surface area (Å²) in [4.78, 5) is 11.7. The van der Waals surface area contributed by atoms with Crippen molar-refractivity contribution in [1.29, 1.82) is 0 Å². The minimum atomic E-state index is -3.37. The van der Waals surface area contributed by atoms with Gasteiger partial charge in [0.25, 0.3) is 0 Å². The number of fused-ring (bicyclic) bond motifs is 1. The molecule has 0 aliphatic carbocycles. The molecule has 1 aliphatic heterocycles. The number of rotatable bonds is 3. The van der Waals surface area contributed by atoms with Gasteiger partial charge in [-0.3, -0.25) is 0 Å². The molecule has 0 radical (unpaired) electrons. The van der Waals surface area contributed by atoms with Crippen LogP contribution >= 0.6 is 0 Å². The van der Waals surface area contributed by atoms with E-state index in [4.69, 9.17) is 9.47 Å². The third-order valence-electron chi connectivity index (χ3n) is 3.82. The predicted octanol–water partition coefficient (Wildman–Crippen LogP) is 1.97. The van der Waals surface area contributed by atoms with Crippen molar-refractivity contribution in [3.05, 3.63) is 29.3 Å². The average molecular weight is 327 g/mol. The van der Waals surface area contributed by atoms with Gasteiger partial charge in [-0.15, -0.1) is 0 Å². The summed E-state index contributed by atoms with van der Waals surface area (Å²) in [6, 6.07) is 4.55. The van der Waals surface area contributed by atoms with E-state index in [2.05, 4.69) is 0 Å². The molecule has 2 rings (SSSR count). The van der Waals surface area contributed by atoms with Crippen LogP contribution in [0, 0.1) is 0 Å². The molecule has 0 amide bonds. The summed E-state index contributed by atoms with van der Waals surface area (Å²) in [6.07, 6.45) is 1.66. The van der Waals surface area contributed by atoms with Crippen LogP contribution in [0.4, 0.5) is 0 Å². The van der Waals surface area contributed by atoms with Crippen molar-refractivity contribution in [2.75, 3.05) is 20.4 Å². The lowest BCUT2D eigenvalue weighted by atomic mass is 9.89. The highest BCUT2D eigenvalue weighted by atomic mass is 32.2. The summed E-state index contributed by atoms with van der Waals surface area (Å²) in [6.45, 7) is 3.82. The van der Waals surface area contributed by atoms with Gasteiger partial charge in [0, 0.05) is 19.0 Å². The maximum Gasteiger partial charge on any atom is 0.337 e. The first-order chi connectivity index (χ1) is 10.0. The minimum Gasteiger partial charge on any atom is -0.487 e. The second kappa shape index (κ2) is 5.55. The minimum absolute atomic E-state index is 0.372. The van der Waals surface area contributed by atoms with Crippen LogP contribution in [0.25, 0.3) is 0 Å². The molecule has 0 fully saturated rings. The van der Waals surface area contributed by atoms with Crippen LogP contribution in [0.5, 0.6) is 5.75 Å². The molecule has 0 aromatic heterocycles. The number of ether oxygens (including phenoxy) is 2. The van der Waals surface area contributed by atoms with Crippen molar-refractivity contribution in [2.45, 2.75) is 31.9 Å². The molecular weight excluding hydrogens is 306 g/mol. The topological polar surface area (TPSA) is 72.9 Å². The molecule has 0 saturated heterocycles. The Labute approximate surface area is 131 Å². The highest BCUT2D eigenvalue weighted by Crippen LogP contribution is 2.43. The fourth-order valence-corrected chi connectivity index (χ4v) is 3.27. The van der Waals surface area contributed by atoms with Gasteiger partial charge in [0.05, 0.1) is 25.0 Å². The van der Waals surface area contributed by atoms with Crippen molar-refractivity contribution < 1.29 is 22.7 Å². The molecule has 0 saturated carbocycles. The van der Waals surface area contributed by atoms with Crippen molar-refractivity contribution in [1.82, 2.24) is 4.31 Å². The van der Waals surface area contributed by atoms with Crippen LogP contribution in [-0.4, -0.2) is 44.7 Å². The summed E-state index contributed by atoms with van der Waals surface area (Å²) in [5.41, 5.74) is 0.551. The summed E-state index contributed by atoms with van der Waals surface area (Å²) < 4.78 is 35.8. The number of carbonyl (C=O) groups excluding carboxylic acids is 1. The smallest absolute Gasteiger partial charge is 0.337 e. The quantitative estimate of drug-likeness (QED) is 0.794. The lowest BCUT2D eigenvalue weighted by Crippen LogP contribution is -2.42. The molecule has 0 N–H and O–H groups in total. The average Bonchev–Trinajstić information content (AvgIpc) is 2.42. The van der Waals surface area contributed by atoms with E-state index in [9.17, 15) is 13.2 Å². The monoisotopic (exact) mass is 327 g/mol. The summed E-state index contributed by atoms with van der Waals surface area (Å²) in [5.74, 6) is 0.123. The van der Waals surface area contributed by atoms with Crippen LogP contribution in [0.2, 0.25) is 0 Å². The van der Waals surface area contributed by atoms with Crippen LogP contribution in [-0.2, 0) is 14.8 Å². The second-order valence-corrected chi connectivity index (χ2v) is 8.15. The van der Waals surface area contributed by atoms with Gasteiger partial charge in [0.15, 0.2) is 0 Å². The van der Waals surface area contributed by atoms with Crippen LogP contribution in [0.1, 0.15) is 42.2 Å². The number of benzene rings is 1. The number of hydrogen-bond acceptors (Lipinski definition) is 5. The SMILES string of the molecule is COC(=O)c1ccc2c(c1)C(N(C)S(C)(=O)=O)CC(C)(C)O2. The molecule has 122 valence electrons. The molecule has 6 nitrogen and oxygen atoms in total. The zero-order valence-corrected chi connectivity index (χ0v) is 14.2. The van der Waals surface area contributed by atoms with Gasteiger partial charge >= 0.3 is 5.97 Å². The molecule has 1 heterocycles. The van der Waals surface area contributed by atoms with Crippen molar-refractivity contribution in [3.63, 3.8) is 0 Å². The first kappa shape index (κ1) is 16.8. The Morgan fingerprint density at radius 1 is 1.41 bits per heavy atom. The van der Waals surface area contributed by atoms with Crippen LogP contribution in [0.15, 0.2) is 18.2 Å². The Morgan fingerprint density at radius 3 is 2.59 bits per heavy atom. The highest BCUT2D eigenvalue weighted by Gasteiger charge is 2.38. The molecule has 1 aromatic rings. The Kier molecular flexibility index (Phi) is 4.23. The van der Waals surface area contributed by atoms with E-state index in [0.29, 0.717) is 23.3 Å². The molecule has 0 bridgehead atoms. The van der Waals surface area contributed by atoms with Gasteiger partial charge < -0.3 is 9.47 Å². The third kappa shape index (κ3) is 3.25. The van der Waals surface area contributed by atoms with E-state index >= 15 is 0 Å². The Bertz CT molecular complexity index is 696. The Hall–Kier alpha value is -1.60. The maximum absolute atomic E-state index is 11.9. The Balaban J connectivity index is 2.55. The highest BCUT2D eigenvalue weighted by molar-refractivity contribution is 7.88. The van der Waals surface area contributed by atoms with Gasteiger partial charge in [-0.05, 0) is 32.0 Å². The van der Waals surface area contributed by atoms with E-state index in [-0.39, 0.29) is 0 Å². The first-order valence-electron chi connectivity index (χ1n) is 6.89. The summed E-state index contributed by atoms with van der Waals surface area (Å²) >= 11 is 0. The molecule has 7 heteroatoms. The molecular formula is C15H21NO5S. The molecule has 1 unspecified atom stereocenters. The van der Waals surface area contributed by atoms with Crippen LogP contribution in [0.3, 0.4) is 0 Å². The predicted molar refractivity (Wildman–Crippen MR) is 82.5 cm³/mol. The van der Waals surface area contributed by atoms with E-state index in [0.717, 1.165) is 0 Å². The van der Waals surface area contributed by atoms with Gasteiger partial charge in [0.2, 0.25) is 10.0 Å². The van der Waals surface area contributed by atoms with E-state index in [1.54, 1.807) is 18.2 Å². The number of methoxy groups -OCH3 is 1. The largest absolute Gasteiger partial charge is 0.487 e. The normalized spacial score (nSPS) is 20.2. The summed E-state index contributed by atoms with van der Waals surface area (Å²) in [7, 11) is -0.528. The number of esters is 1. The van der Waals surface area contributed by atoms with Gasteiger partial charge in [0.1, 0.15) is 11.4 Å². The van der Waals surface area contributed by atoms with Crippen molar-refractivity contribution in [2.24, 2.45) is 0 Å². The number of carbonyl (C=O) groups is 1. The standard InChI is InChI=1S/C15H21NO5S/c1-15(2)9-12(16(3)22(5,18)19)11-8-10(14(17)20-4)6-7-13(11)21-15/h6-8,12H,9H2,1-5H3. The molecule has 22 heavy (non-hydrogen) atoms. The van der Waals surface area contributed by atoms with Gasteiger partial charge in [-0.25, -0.2) is 13.2 Å². The van der Waals surface area contributed by atoms with Gasteiger partial charge in [-0.2, -0.15) is 4.31 Å². The Morgan fingerprint density at radius 2 is 2.05 bits per heavy atom. The molecule has 1 aromatic carbocycles. The number of sulfonamides is 1. The lowest BCUT2D eigenvalue weighted by Gasteiger charge is -2.40. The van der Waals surface area contributed by atoms with Crippen LogP contribution < -0.4 is 4.74 Å². The van der Waals surface area contributed by atoms with Crippen molar-refractivity contribution in [3.8, 4) is 5.75 Å². The number of nitrogens with zero attached hydrogens (tertiary/aromatic N) is 1. The molecule has 1 aliphatic rings. The van der Waals surface area contributed by atoms with E-state index < -0.39 is 27.6 Å². The molecule has 1 atom stereocenters. The maximum atomic E-state index is 11.9. The second-order valence-electron chi connectivity index (χ2n) is 6.11. The first-order valence-corrected chi connectivity index (χ1v) is 8.74. The molecule has 0 spiro atoms. The van der Waals surface area contributed by atoms with E-state index in [1.165, 1.54) is 24.7 Å². The fraction of sp³-hybridized carbons (Fsp3) is 0.533.